The zero-order chi connectivity index (χ0) is 15.2. The van der Waals surface area contributed by atoms with E-state index in [0.29, 0.717) is 0 Å². The number of aryl methyl sites for hydroxylation is 1. The highest BCUT2D eigenvalue weighted by molar-refractivity contribution is 5.63. The van der Waals surface area contributed by atoms with Crippen LogP contribution in [0.2, 0.25) is 0 Å². The molecule has 2 nitrogen and oxygen atoms in total. The average Bonchev–Trinajstić information content (AvgIpc) is 2.61. The Bertz CT molecular complexity index is 556. The van der Waals surface area contributed by atoms with Gasteiger partial charge in [0.15, 0.2) is 0 Å². The van der Waals surface area contributed by atoms with E-state index in [1.165, 1.54) is 49.0 Å². The number of rotatable bonds is 5. The Balaban J connectivity index is 1.84. The van der Waals surface area contributed by atoms with Crippen LogP contribution in [0.1, 0.15) is 44.6 Å². The van der Waals surface area contributed by atoms with Gasteiger partial charge in [0, 0.05) is 30.3 Å². The van der Waals surface area contributed by atoms with Crippen molar-refractivity contribution in [3.8, 4) is 0 Å². The summed E-state index contributed by atoms with van der Waals surface area (Å²) >= 11 is 0. The SMILES string of the molecule is CCc1ccc(N(CC2CCCCC2)c2ccncc2)cc1. The fourth-order valence-corrected chi connectivity index (χ4v) is 3.42. The summed E-state index contributed by atoms with van der Waals surface area (Å²) in [6, 6.07) is 13.3. The van der Waals surface area contributed by atoms with Crippen LogP contribution in [-0.4, -0.2) is 11.5 Å². The molecule has 0 spiro atoms. The summed E-state index contributed by atoms with van der Waals surface area (Å²) in [6.07, 6.45) is 11.8. The van der Waals surface area contributed by atoms with E-state index in [1.807, 2.05) is 12.4 Å². The topological polar surface area (TPSA) is 16.1 Å². The maximum atomic E-state index is 4.17. The molecule has 116 valence electrons. The van der Waals surface area contributed by atoms with Crippen LogP contribution in [0.3, 0.4) is 0 Å². The van der Waals surface area contributed by atoms with Crippen LogP contribution in [0.5, 0.6) is 0 Å². The zero-order valence-electron chi connectivity index (χ0n) is 13.5. The summed E-state index contributed by atoms with van der Waals surface area (Å²) in [6.45, 7) is 3.33. The fraction of sp³-hybridized carbons (Fsp3) is 0.450. The summed E-state index contributed by atoms with van der Waals surface area (Å²) < 4.78 is 0. The second-order valence-corrected chi connectivity index (χ2v) is 6.34. The van der Waals surface area contributed by atoms with E-state index in [9.17, 15) is 0 Å². The summed E-state index contributed by atoms with van der Waals surface area (Å²) in [4.78, 5) is 6.64. The maximum Gasteiger partial charge on any atom is 0.0441 e. The number of benzene rings is 1. The monoisotopic (exact) mass is 294 g/mol. The van der Waals surface area contributed by atoms with Crippen LogP contribution in [-0.2, 0) is 6.42 Å². The molecular weight excluding hydrogens is 268 g/mol. The fourth-order valence-electron chi connectivity index (χ4n) is 3.42. The third-order valence-electron chi connectivity index (χ3n) is 4.80. The summed E-state index contributed by atoms with van der Waals surface area (Å²) in [5.41, 5.74) is 3.95. The van der Waals surface area contributed by atoms with Gasteiger partial charge in [-0.05, 0) is 55.0 Å². The maximum absolute atomic E-state index is 4.17. The summed E-state index contributed by atoms with van der Waals surface area (Å²) in [7, 11) is 0. The van der Waals surface area contributed by atoms with E-state index in [4.69, 9.17) is 0 Å². The molecule has 0 amide bonds. The van der Waals surface area contributed by atoms with Gasteiger partial charge in [-0.3, -0.25) is 4.98 Å². The Morgan fingerprint density at radius 2 is 1.55 bits per heavy atom. The molecule has 0 saturated heterocycles. The van der Waals surface area contributed by atoms with Crippen molar-refractivity contribution < 1.29 is 0 Å². The summed E-state index contributed by atoms with van der Waals surface area (Å²) in [5, 5.41) is 0. The van der Waals surface area contributed by atoms with Gasteiger partial charge in [0.25, 0.3) is 0 Å². The highest BCUT2D eigenvalue weighted by Gasteiger charge is 2.18. The number of anilines is 2. The minimum atomic E-state index is 0.813. The van der Waals surface area contributed by atoms with Crippen molar-refractivity contribution in [1.29, 1.82) is 0 Å². The van der Waals surface area contributed by atoms with Crippen molar-refractivity contribution >= 4 is 11.4 Å². The lowest BCUT2D eigenvalue weighted by Gasteiger charge is -2.31. The lowest BCUT2D eigenvalue weighted by Crippen LogP contribution is -2.26. The zero-order valence-corrected chi connectivity index (χ0v) is 13.5. The Hall–Kier alpha value is -1.83. The van der Waals surface area contributed by atoms with Gasteiger partial charge in [0.1, 0.15) is 0 Å². The molecule has 2 aromatic rings. The third kappa shape index (κ3) is 3.68. The van der Waals surface area contributed by atoms with Gasteiger partial charge >= 0.3 is 0 Å². The molecule has 1 aliphatic carbocycles. The molecule has 0 atom stereocenters. The van der Waals surface area contributed by atoms with Gasteiger partial charge in [-0.2, -0.15) is 0 Å². The first-order valence-corrected chi connectivity index (χ1v) is 8.63. The Labute approximate surface area is 134 Å². The molecule has 1 fully saturated rings. The third-order valence-corrected chi connectivity index (χ3v) is 4.80. The molecule has 22 heavy (non-hydrogen) atoms. The number of nitrogens with zero attached hydrogens (tertiary/aromatic N) is 2. The molecule has 1 aromatic carbocycles. The van der Waals surface area contributed by atoms with Crippen LogP contribution in [0.25, 0.3) is 0 Å². The highest BCUT2D eigenvalue weighted by Crippen LogP contribution is 2.31. The molecule has 0 radical (unpaired) electrons. The van der Waals surface area contributed by atoms with Gasteiger partial charge < -0.3 is 4.90 Å². The first-order valence-electron chi connectivity index (χ1n) is 8.63. The van der Waals surface area contributed by atoms with Gasteiger partial charge in [-0.25, -0.2) is 0 Å². The van der Waals surface area contributed by atoms with Crippen LogP contribution >= 0.6 is 0 Å². The Morgan fingerprint density at radius 1 is 0.909 bits per heavy atom. The lowest BCUT2D eigenvalue weighted by molar-refractivity contribution is 0.365. The molecule has 0 bridgehead atoms. The minimum Gasteiger partial charge on any atom is -0.341 e. The van der Waals surface area contributed by atoms with Crippen LogP contribution in [0.15, 0.2) is 48.8 Å². The number of pyridine rings is 1. The molecule has 0 unspecified atom stereocenters. The summed E-state index contributed by atoms with van der Waals surface area (Å²) in [5.74, 6) is 0.813. The number of hydrogen-bond donors (Lipinski definition) is 0. The normalized spacial score (nSPS) is 15.7. The standard InChI is InChI=1S/C20H26N2/c1-2-17-8-10-19(11-9-17)22(20-12-14-21-15-13-20)16-18-6-4-3-5-7-18/h8-15,18H,2-7,16H2,1H3. The first-order chi connectivity index (χ1) is 10.9. The molecule has 1 aliphatic rings. The largest absolute Gasteiger partial charge is 0.341 e. The van der Waals surface area contributed by atoms with Crippen molar-refractivity contribution in [3.63, 3.8) is 0 Å². The van der Waals surface area contributed by atoms with E-state index < -0.39 is 0 Å². The Morgan fingerprint density at radius 3 is 2.18 bits per heavy atom. The molecule has 0 N–H and O–H groups in total. The van der Waals surface area contributed by atoms with Crippen molar-refractivity contribution in [2.45, 2.75) is 45.4 Å². The van der Waals surface area contributed by atoms with Gasteiger partial charge in [0.2, 0.25) is 0 Å². The second kappa shape index (κ2) is 7.44. The Kier molecular flexibility index (Phi) is 5.10. The van der Waals surface area contributed by atoms with Crippen molar-refractivity contribution in [3.05, 3.63) is 54.4 Å². The van der Waals surface area contributed by atoms with Crippen LogP contribution in [0.4, 0.5) is 11.4 Å². The second-order valence-electron chi connectivity index (χ2n) is 6.34. The molecule has 1 aromatic heterocycles. The van der Waals surface area contributed by atoms with Crippen LogP contribution < -0.4 is 4.90 Å². The van der Waals surface area contributed by atoms with E-state index in [0.717, 1.165) is 18.9 Å². The highest BCUT2D eigenvalue weighted by atomic mass is 15.1. The average molecular weight is 294 g/mol. The van der Waals surface area contributed by atoms with Crippen molar-refractivity contribution in [2.75, 3.05) is 11.4 Å². The quantitative estimate of drug-likeness (QED) is 0.737. The predicted octanol–water partition coefficient (Wildman–Crippen LogP) is 5.36. The molecule has 3 rings (SSSR count). The van der Waals surface area contributed by atoms with Gasteiger partial charge in [-0.1, -0.05) is 38.3 Å². The van der Waals surface area contributed by atoms with Gasteiger partial charge in [-0.15, -0.1) is 0 Å². The van der Waals surface area contributed by atoms with Gasteiger partial charge in [0.05, 0.1) is 0 Å². The molecule has 0 aliphatic heterocycles. The molecule has 1 heterocycles. The van der Waals surface area contributed by atoms with Crippen molar-refractivity contribution in [2.24, 2.45) is 5.92 Å². The molecule has 2 heteroatoms. The predicted molar refractivity (Wildman–Crippen MR) is 93.6 cm³/mol. The molecule has 1 saturated carbocycles. The smallest absolute Gasteiger partial charge is 0.0441 e. The van der Waals surface area contributed by atoms with Crippen LogP contribution in [0, 0.1) is 5.92 Å². The molecular formula is C20H26N2. The minimum absolute atomic E-state index is 0.813. The number of aromatic nitrogens is 1. The van der Waals surface area contributed by atoms with E-state index >= 15 is 0 Å². The van der Waals surface area contributed by atoms with E-state index in [-0.39, 0.29) is 0 Å². The van der Waals surface area contributed by atoms with E-state index in [1.54, 1.807) is 0 Å². The lowest BCUT2D eigenvalue weighted by atomic mass is 9.88. The van der Waals surface area contributed by atoms with E-state index in [2.05, 4.69) is 53.2 Å². The van der Waals surface area contributed by atoms with Crippen molar-refractivity contribution in [1.82, 2.24) is 4.98 Å². The first kappa shape index (κ1) is 15.1. The number of hydrogen-bond acceptors (Lipinski definition) is 2.